The largest absolute Gasteiger partial charge is 0.381 e. The third-order valence-electron chi connectivity index (χ3n) is 3.71. The fourth-order valence-corrected chi connectivity index (χ4v) is 2.67. The van der Waals surface area contributed by atoms with Gasteiger partial charge in [0.25, 0.3) is 0 Å². The van der Waals surface area contributed by atoms with Crippen LogP contribution in [-0.4, -0.2) is 24.4 Å². The van der Waals surface area contributed by atoms with Crippen molar-refractivity contribution >= 4 is 0 Å². The van der Waals surface area contributed by atoms with Crippen molar-refractivity contribution < 1.29 is 9.26 Å². The van der Waals surface area contributed by atoms with Crippen molar-refractivity contribution in [3.63, 3.8) is 0 Å². The van der Waals surface area contributed by atoms with Crippen LogP contribution in [0.15, 0.2) is 4.52 Å². The Morgan fingerprint density at radius 3 is 2.65 bits per heavy atom. The zero-order valence-corrected chi connectivity index (χ0v) is 11.1. The number of nitrogens with zero attached hydrogens (tertiary/aromatic N) is 1. The van der Waals surface area contributed by atoms with E-state index in [2.05, 4.69) is 24.3 Å². The molecule has 1 fully saturated rings. The van der Waals surface area contributed by atoms with E-state index < -0.39 is 0 Å². The Kier molecular flexibility index (Phi) is 3.84. The summed E-state index contributed by atoms with van der Waals surface area (Å²) in [6, 6.07) is 0.734. The lowest BCUT2D eigenvalue weighted by Gasteiger charge is -2.24. The average Bonchev–Trinajstić information content (AvgIpc) is 2.88. The van der Waals surface area contributed by atoms with Crippen molar-refractivity contribution in [2.45, 2.75) is 46.2 Å². The van der Waals surface area contributed by atoms with Crippen LogP contribution in [-0.2, 0) is 4.74 Å². The molecule has 0 bridgehead atoms. The van der Waals surface area contributed by atoms with Crippen LogP contribution in [0.1, 0.15) is 43.3 Å². The number of aryl methyl sites for hydroxylation is 2. The van der Waals surface area contributed by atoms with E-state index in [9.17, 15) is 0 Å². The van der Waals surface area contributed by atoms with Crippen molar-refractivity contribution in [1.82, 2.24) is 10.5 Å². The third-order valence-corrected chi connectivity index (χ3v) is 3.71. The molecule has 1 aromatic rings. The van der Waals surface area contributed by atoms with Crippen LogP contribution in [0.3, 0.4) is 0 Å². The zero-order valence-electron chi connectivity index (χ0n) is 11.1. The Morgan fingerprint density at radius 1 is 1.35 bits per heavy atom. The molecule has 1 aliphatic rings. The van der Waals surface area contributed by atoms with Crippen LogP contribution < -0.4 is 5.32 Å². The summed E-state index contributed by atoms with van der Waals surface area (Å²) in [6.45, 7) is 10.1. The molecule has 1 saturated heterocycles. The van der Waals surface area contributed by atoms with Crippen LogP contribution in [0.25, 0.3) is 0 Å². The highest BCUT2D eigenvalue weighted by molar-refractivity contribution is 5.24. The first kappa shape index (κ1) is 12.6. The minimum absolute atomic E-state index is 0.275. The maximum Gasteiger partial charge on any atom is 0.138 e. The molecule has 17 heavy (non-hydrogen) atoms. The monoisotopic (exact) mass is 238 g/mol. The van der Waals surface area contributed by atoms with E-state index in [4.69, 9.17) is 9.26 Å². The van der Waals surface area contributed by atoms with E-state index in [1.165, 1.54) is 5.56 Å². The van der Waals surface area contributed by atoms with Gasteiger partial charge in [0.2, 0.25) is 0 Å². The molecule has 3 atom stereocenters. The summed E-state index contributed by atoms with van der Waals surface area (Å²) < 4.78 is 10.6. The zero-order chi connectivity index (χ0) is 12.4. The lowest BCUT2D eigenvalue weighted by atomic mass is 9.98. The molecule has 96 valence electrons. The molecule has 0 radical (unpaired) electrons. The minimum Gasteiger partial charge on any atom is -0.381 e. The number of nitrogens with one attached hydrogen (secondary N) is 1. The first-order valence-electron chi connectivity index (χ1n) is 6.36. The molecule has 0 saturated carbocycles. The fraction of sp³-hybridized carbons (Fsp3) is 0.769. The van der Waals surface area contributed by atoms with Crippen LogP contribution >= 0.6 is 0 Å². The molecule has 2 rings (SSSR count). The summed E-state index contributed by atoms with van der Waals surface area (Å²) >= 11 is 0. The van der Waals surface area contributed by atoms with Gasteiger partial charge in [-0.3, -0.25) is 0 Å². The molecule has 0 aliphatic carbocycles. The van der Waals surface area contributed by atoms with E-state index >= 15 is 0 Å². The van der Waals surface area contributed by atoms with E-state index in [-0.39, 0.29) is 6.04 Å². The van der Waals surface area contributed by atoms with Gasteiger partial charge in [-0.2, -0.15) is 0 Å². The van der Waals surface area contributed by atoms with Gasteiger partial charge < -0.3 is 14.6 Å². The Labute approximate surface area is 103 Å². The highest BCUT2D eigenvalue weighted by Crippen LogP contribution is 2.24. The topological polar surface area (TPSA) is 47.3 Å². The predicted molar refractivity (Wildman–Crippen MR) is 65.9 cm³/mol. The molecule has 0 aromatic carbocycles. The minimum atomic E-state index is 0.275. The molecule has 4 nitrogen and oxygen atoms in total. The van der Waals surface area contributed by atoms with Gasteiger partial charge in [-0.25, -0.2) is 0 Å². The van der Waals surface area contributed by atoms with Gasteiger partial charge in [0.1, 0.15) is 5.76 Å². The van der Waals surface area contributed by atoms with Gasteiger partial charge in [0, 0.05) is 24.3 Å². The van der Waals surface area contributed by atoms with Gasteiger partial charge in [-0.05, 0) is 40.0 Å². The molecular weight excluding hydrogens is 216 g/mol. The molecule has 1 N–H and O–H groups in total. The molecule has 2 heterocycles. The van der Waals surface area contributed by atoms with E-state index in [1.54, 1.807) is 0 Å². The Morgan fingerprint density at radius 2 is 2.12 bits per heavy atom. The molecule has 1 aliphatic heterocycles. The lowest BCUT2D eigenvalue weighted by molar-refractivity contribution is 0.177. The number of hydrogen-bond acceptors (Lipinski definition) is 4. The SMILES string of the molecule is Cc1noc(C)c1C(C)NC(C)C1CCOC1. The second-order valence-corrected chi connectivity index (χ2v) is 5.04. The Hall–Kier alpha value is -0.870. The van der Waals surface area contributed by atoms with Crippen molar-refractivity contribution in [1.29, 1.82) is 0 Å². The van der Waals surface area contributed by atoms with Crippen LogP contribution in [0, 0.1) is 19.8 Å². The normalized spacial score (nSPS) is 23.9. The number of hydrogen-bond donors (Lipinski definition) is 1. The van der Waals surface area contributed by atoms with E-state index in [0.717, 1.165) is 31.1 Å². The summed E-state index contributed by atoms with van der Waals surface area (Å²) in [4.78, 5) is 0. The van der Waals surface area contributed by atoms with Crippen LogP contribution in [0.4, 0.5) is 0 Å². The van der Waals surface area contributed by atoms with Crippen LogP contribution in [0.5, 0.6) is 0 Å². The van der Waals surface area contributed by atoms with Gasteiger partial charge in [0.05, 0.1) is 12.3 Å². The first-order chi connectivity index (χ1) is 8.09. The van der Waals surface area contributed by atoms with Gasteiger partial charge in [-0.1, -0.05) is 5.16 Å². The van der Waals surface area contributed by atoms with E-state index in [0.29, 0.717) is 12.0 Å². The van der Waals surface area contributed by atoms with Crippen molar-refractivity contribution in [3.8, 4) is 0 Å². The summed E-state index contributed by atoms with van der Waals surface area (Å²) in [5, 5.41) is 7.63. The fourth-order valence-electron chi connectivity index (χ4n) is 2.67. The van der Waals surface area contributed by atoms with Gasteiger partial charge in [0.15, 0.2) is 0 Å². The standard InChI is InChI=1S/C13H22N2O2/c1-8(12-5-6-16-7-12)14-9(2)13-10(3)15-17-11(13)4/h8-9,12,14H,5-7H2,1-4H3. The van der Waals surface area contributed by atoms with Crippen molar-refractivity contribution in [2.24, 2.45) is 5.92 Å². The van der Waals surface area contributed by atoms with Gasteiger partial charge >= 0.3 is 0 Å². The molecule has 0 amide bonds. The Bertz CT molecular complexity index is 350. The molecule has 0 spiro atoms. The summed E-state index contributed by atoms with van der Waals surface area (Å²) in [5.41, 5.74) is 2.17. The first-order valence-corrected chi connectivity index (χ1v) is 6.36. The molecular formula is C13H22N2O2. The van der Waals surface area contributed by atoms with E-state index in [1.807, 2.05) is 13.8 Å². The molecule has 4 heteroatoms. The molecule has 1 aromatic heterocycles. The maximum atomic E-state index is 5.43. The second-order valence-electron chi connectivity index (χ2n) is 5.04. The number of ether oxygens (including phenoxy) is 1. The Balaban J connectivity index is 1.98. The third kappa shape index (κ3) is 2.69. The highest BCUT2D eigenvalue weighted by atomic mass is 16.5. The van der Waals surface area contributed by atoms with Crippen LogP contribution in [0.2, 0.25) is 0 Å². The number of aromatic nitrogens is 1. The number of rotatable bonds is 4. The maximum absolute atomic E-state index is 5.43. The smallest absolute Gasteiger partial charge is 0.138 e. The second kappa shape index (κ2) is 5.19. The predicted octanol–water partition coefficient (Wildman–Crippen LogP) is 2.37. The summed E-state index contributed by atoms with van der Waals surface area (Å²) in [6.07, 6.45) is 1.16. The summed E-state index contributed by atoms with van der Waals surface area (Å²) in [5.74, 6) is 1.54. The highest BCUT2D eigenvalue weighted by Gasteiger charge is 2.25. The molecule has 3 unspecified atom stereocenters. The summed E-state index contributed by atoms with van der Waals surface area (Å²) in [7, 11) is 0. The van der Waals surface area contributed by atoms with Crippen molar-refractivity contribution in [3.05, 3.63) is 17.0 Å². The van der Waals surface area contributed by atoms with Crippen molar-refractivity contribution in [2.75, 3.05) is 13.2 Å². The average molecular weight is 238 g/mol. The quantitative estimate of drug-likeness (QED) is 0.874. The van der Waals surface area contributed by atoms with Gasteiger partial charge in [-0.15, -0.1) is 0 Å². The lowest BCUT2D eigenvalue weighted by Crippen LogP contribution is -2.36.